The molecule has 7 nitrogen and oxygen atoms in total. The highest BCUT2D eigenvalue weighted by Gasteiger charge is 2.69. The molecule has 4 aliphatic rings. The van der Waals surface area contributed by atoms with Gasteiger partial charge in [-0.15, -0.1) is 0 Å². The summed E-state index contributed by atoms with van der Waals surface area (Å²) >= 11 is 5.66. The normalized spacial score (nSPS) is 35.3. The molecule has 0 radical (unpaired) electrons. The van der Waals surface area contributed by atoms with Crippen molar-refractivity contribution >= 4 is 17.5 Å². The van der Waals surface area contributed by atoms with Gasteiger partial charge in [0, 0.05) is 36.2 Å². The third-order valence-corrected chi connectivity index (χ3v) is 6.81. The highest BCUT2D eigenvalue weighted by molar-refractivity contribution is 6.30. The Kier molecular flexibility index (Phi) is 5.98. The van der Waals surface area contributed by atoms with Gasteiger partial charge in [-0.05, 0) is 52.3 Å². The summed E-state index contributed by atoms with van der Waals surface area (Å²) in [6.07, 6.45) is 3.72. The summed E-state index contributed by atoms with van der Waals surface area (Å²) in [4.78, 5) is 14.6. The van der Waals surface area contributed by atoms with Crippen molar-refractivity contribution in [2.45, 2.75) is 69.2 Å². The van der Waals surface area contributed by atoms with Crippen molar-refractivity contribution < 1.29 is 18.7 Å². The number of carbonyl (C=O) groups is 1. The van der Waals surface area contributed by atoms with E-state index in [9.17, 15) is 9.18 Å². The third-order valence-electron chi connectivity index (χ3n) is 6.51. The van der Waals surface area contributed by atoms with E-state index in [0.717, 1.165) is 25.7 Å². The van der Waals surface area contributed by atoms with Crippen LogP contribution >= 0.6 is 11.6 Å². The van der Waals surface area contributed by atoms with Gasteiger partial charge in [0.05, 0.1) is 5.02 Å². The Morgan fingerprint density at radius 3 is 2.77 bits per heavy atom. The van der Waals surface area contributed by atoms with E-state index in [1.165, 1.54) is 12.1 Å². The van der Waals surface area contributed by atoms with Crippen LogP contribution < -0.4 is 20.7 Å². The first-order chi connectivity index (χ1) is 14.2. The van der Waals surface area contributed by atoms with Crippen molar-refractivity contribution in [1.29, 1.82) is 0 Å². The summed E-state index contributed by atoms with van der Waals surface area (Å²) in [5.74, 6) is -0.479. The Morgan fingerprint density at radius 1 is 1.37 bits per heavy atom. The van der Waals surface area contributed by atoms with Crippen LogP contribution in [0.1, 0.15) is 39.5 Å². The van der Waals surface area contributed by atoms with Gasteiger partial charge >= 0.3 is 0 Å². The van der Waals surface area contributed by atoms with E-state index < -0.39 is 5.82 Å². The summed E-state index contributed by atoms with van der Waals surface area (Å²) in [7, 11) is 2.11. The van der Waals surface area contributed by atoms with E-state index in [1.807, 2.05) is 6.92 Å². The van der Waals surface area contributed by atoms with Crippen LogP contribution in [0, 0.1) is 5.82 Å². The van der Waals surface area contributed by atoms with Gasteiger partial charge in [0.25, 0.3) is 5.91 Å². The van der Waals surface area contributed by atoms with Gasteiger partial charge in [-0.2, -0.15) is 0 Å². The van der Waals surface area contributed by atoms with Crippen molar-refractivity contribution in [1.82, 2.24) is 20.9 Å². The van der Waals surface area contributed by atoms with Crippen molar-refractivity contribution in [2.75, 3.05) is 20.3 Å². The zero-order valence-electron chi connectivity index (χ0n) is 17.6. The lowest BCUT2D eigenvalue weighted by Crippen LogP contribution is -2.86. The first-order valence-corrected chi connectivity index (χ1v) is 10.9. The molecular formula is C21H30ClFN4O3. The fraction of sp³-hybridized carbons (Fsp3) is 0.667. The highest BCUT2D eigenvalue weighted by atomic mass is 35.5. The lowest BCUT2D eigenvalue weighted by atomic mass is 9.44. The first kappa shape index (κ1) is 21.8. The molecule has 3 unspecified atom stereocenters. The Balaban J connectivity index is 1.23. The van der Waals surface area contributed by atoms with E-state index in [1.54, 1.807) is 6.07 Å². The summed E-state index contributed by atoms with van der Waals surface area (Å²) in [5, 5.41) is 10.4. The fourth-order valence-electron chi connectivity index (χ4n) is 4.96. The molecule has 3 saturated carbocycles. The molecule has 0 aromatic heterocycles. The Bertz CT molecular complexity index is 791. The number of hydrogen-bond acceptors (Lipinski definition) is 6. The zero-order chi connectivity index (χ0) is 21.5. The van der Waals surface area contributed by atoms with Gasteiger partial charge in [0.2, 0.25) is 0 Å². The minimum Gasteiger partial charge on any atom is -0.484 e. The van der Waals surface area contributed by atoms with Crippen molar-refractivity contribution in [3.05, 3.63) is 29.0 Å². The number of rotatable bonds is 8. The maximum atomic E-state index is 13.5. The van der Waals surface area contributed by atoms with Crippen LogP contribution in [0.4, 0.5) is 4.39 Å². The second kappa shape index (κ2) is 8.24. The molecule has 9 heteroatoms. The van der Waals surface area contributed by atoms with Crippen LogP contribution in [0.5, 0.6) is 5.75 Å². The van der Waals surface area contributed by atoms with Crippen LogP contribution in [-0.2, 0) is 9.53 Å². The number of nitrogens with one attached hydrogen (secondary N) is 3. The summed E-state index contributed by atoms with van der Waals surface area (Å²) in [6, 6.07) is 4.55. The van der Waals surface area contributed by atoms with Gasteiger partial charge < -0.3 is 14.8 Å². The molecule has 3 aliphatic carbocycles. The summed E-state index contributed by atoms with van der Waals surface area (Å²) < 4.78 is 24.6. The van der Waals surface area contributed by atoms with E-state index in [2.05, 4.69) is 34.8 Å². The van der Waals surface area contributed by atoms with Gasteiger partial charge in [-0.3, -0.25) is 20.3 Å². The predicted molar refractivity (Wildman–Crippen MR) is 112 cm³/mol. The molecule has 30 heavy (non-hydrogen) atoms. The number of amides is 1. The molecule has 166 valence electrons. The molecule has 1 aliphatic heterocycles. The molecule has 3 atom stereocenters. The molecule has 2 bridgehead atoms. The van der Waals surface area contributed by atoms with Crippen LogP contribution in [0.2, 0.25) is 5.02 Å². The molecule has 1 heterocycles. The van der Waals surface area contributed by atoms with E-state index in [-0.39, 0.29) is 46.9 Å². The van der Waals surface area contributed by atoms with Gasteiger partial charge in [0.15, 0.2) is 6.61 Å². The van der Waals surface area contributed by atoms with Crippen molar-refractivity contribution in [3.63, 3.8) is 0 Å². The smallest absolute Gasteiger partial charge is 0.258 e. The van der Waals surface area contributed by atoms with Crippen LogP contribution in [-0.4, -0.2) is 60.7 Å². The molecule has 3 N–H and O–H groups in total. The lowest BCUT2D eigenvalue weighted by Gasteiger charge is -2.71. The molecule has 4 fully saturated rings. The molecule has 1 aromatic rings. The number of nitrogens with zero attached hydrogens (tertiary/aromatic N) is 1. The standard InChI is InChI=1S/C21H30ClFN4O3/c1-4-29-18-7-13(2)27(3)19(24-18)26-21-10-20(11-21,12-21)25-17(28)9-30-14-5-6-15(22)16(23)8-14/h5-6,8,13,18-19,24,26H,4,7,9-12H2,1-3H3,(H,25,28). The quantitative estimate of drug-likeness (QED) is 0.575. The van der Waals surface area contributed by atoms with Crippen LogP contribution in [0.3, 0.4) is 0 Å². The Hall–Kier alpha value is -1.45. The Morgan fingerprint density at radius 2 is 2.10 bits per heavy atom. The molecule has 1 amide bonds. The molecule has 0 spiro atoms. The number of ether oxygens (including phenoxy) is 2. The molecule has 1 aromatic carbocycles. The topological polar surface area (TPSA) is 74.9 Å². The average molecular weight is 441 g/mol. The number of benzene rings is 1. The third kappa shape index (κ3) is 4.29. The maximum Gasteiger partial charge on any atom is 0.258 e. The molecule has 5 rings (SSSR count). The average Bonchev–Trinajstić information content (AvgIpc) is 2.64. The number of hydrogen-bond donors (Lipinski definition) is 3. The SMILES string of the molecule is CCOC1CC(C)N(C)C(NC23CC(NC(=O)COc4ccc(Cl)c(F)c4)(C2)C3)N1. The second-order valence-electron chi connectivity index (χ2n) is 8.91. The maximum absolute atomic E-state index is 13.5. The predicted octanol–water partition coefficient (Wildman–Crippen LogP) is 2.20. The van der Waals surface area contributed by atoms with Gasteiger partial charge in [-0.25, -0.2) is 4.39 Å². The number of carbonyl (C=O) groups excluding carboxylic acids is 1. The summed E-state index contributed by atoms with van der Waals surface area (Å²) in [6.45, 7) is 4.75. The lowest BCUT2D eigenvalue weighted by molar-refractivity contribution is -0.156. The Labute approximate surface area is 181 Å². The van der Waals surface area contributed by atoms with Crippen molar-refractivity contribution in [2.24, 2.45) is 0 Å². The fourth-order valence-corrected chi connectivity index (χ4v) is 5.08. The molecular weight excluding hydrogens is 411 g/mol. The van der Waals surface area contributed by atoms with E-state index >= 15 is 0 Å². The largest absolute Gasteiger partial charge is 0.484 e. The molecule has 1 saturated heterocycles. The minimum atomic E-state index is -0.566. The zero-order valence-corrected chi connectivity index (χ0v) is 18.4. The van der Waals surface area contributed by atoms with Crippen LogP contribution in [0.25, 0.3) is 0 Å². The summed E-state index contributed by atoms with van der Waals surface area (Å²) in [5.41, 5.74) is -0.107. The highest BCUT2D eigenvalue weighted by Crippen LogP contribution is 2.60. The van der Waals surface area contributed by atoms with Crippen molar-refractivity contribution in [3.8, 4) is 5.75 Å². The second-order valence-corrected chi connectivity index (χ2v) is 9.32. The van der Waals surface area contributed by atoms with E-state index in [4.69, 9.17) is 21.1 Å². The monoisotopic (exact) mass is 440 g/mol. The minimum absolute atomic E-state index is 0.0264. The first-order valence-electron chi connectivity index (χ1n) is 10.5. The van der Waals surface area contributed by atoms with Gasteiger partial charge in [0.1, 0.15) is 24.1 Å². The van der Waals surface area contributed by atoms with E-state index in [0.29, 0.717) is 12.6 Å². The number of halogens is 2. The van der Waals surface area contributed by atoms with Crippen LogP contribution in [0.15, 0.2) is 18.2 Å². The van der Waals surface area contributed by atoms with Gasteiger partial charge in [-0.1, -0.05) is 11.6 Å².